The average Bonchev–Trinajstić information content (AvgIpc) is 1.62. The number of aliphatic carboxylic acids is 2. The number of H-pyrrole nitrogens is 1. The summed E-state index contributed by atoms with van der Waals surface area (Å²) in [6, 6.07) is 4.57. The summed E-state index contributed by atoms with van der Waals surface area (Å²) in [6.07, 6.45) is 2.44. The molecule has 2 heterocycles. The Morgan fingerprint density at radius 2 is 1.20 bits per heavy atom. The lowest BCUT2D eigenvalue weighted by Crippen LogP contribution is -2.61. The number of guanidine groups is 1. The quantitative estimate of drug-likeness (QED) is 0.0161. The molecule has 2 saturated carbocycles. The van der Waals surface area contributed by atoms with Crippen LogP contribution in [0.15, 0.2) is 84.0 Å². The molecule has 12 amide bonds. The van der Waals surface area contributed by atoms with Gasteiger partial charge in [0.15, 0.2) is 5.96 Å². The van der Waals surface area contributed by atoms with E-state index in [4.69, 9.17) is 34.5 Å². The predicted octanol–water partition coefficient (Wildman–Crippen LogP) is -0.602. The number of carbonyl (C=O) groups excluding carboxylic acids is 12. The average molecular weight is 1560 g/mol. The number of halogens is 1. The fourth-order valence-electron chi connectivity index (χ4n) is 12.9. The van der Waals surface area contributed by atoms with Gasteiger partial charge in [-0.3, -0.25) is 72.1 Å². The highest BCUT2D eigenvalue weighted by molar-refractivity contribution is 8.76. The van der Waals surface area contributed by atoms with Crippen molar-refractivity contribution in [3.8, 4) is 5.75 Å². The van der Waals surface area contributed by atoms with Gasteiger partial charge in [-0.2, -0.15) is 0 Å². The van der Waals surface area contributed by atoms with Crippen molar-refractivity contribution in [2.75, 3.05) is 37.7 Å². The van der Waals surface area contributed by atoms with Gasteiger partial charge in [-0.1, -0.05) is 107 Å². The summed E-state index contributed by atoms with van der Waals surface area (Å²) in [7, 11) is 1.73. The minimum atomic E-state index is -1.76. The van der Waals surface area contributed by atoms with Gasteiger partial charge in [0, 0.05) is 104 Å². The second-order valence-electron chi connectivity index (χ2n) is 26.7. The number of rotatable bonds is 26. The Bertz CT molecular complexity index is 3870. The third kappa shape index (κ3) is 27.2. The molecule has 37 heteroatoms. The number of amides is 12. The van der Waals surface area contributed by atoms with Crippen LogP contribution in [0, 0.1) is 5.92 Å². The fraction of sp³-hybridized carbons (Fsp3) is 0.507. The number of nitrogens with one attached hydrogen (secondary N) is 11. The summed E-state index contributed by atoms with van der Waals surface area (Å²) in [5.74, 6) is -15.4. The summed E-state index contributed by atoms with van der Waals surface area (Å²) in [5, 5.41) is 57.0. The van der Waals surface area contributed by atoms with E-state index in [0.29, 0.717) is 66.1 Å². The number of aromatic amines is 1. The van der Waals surface area contributed by atoms with E-state index in [1.807, 2.05) is 0 Å². The summed E-state index contributed by atoms with van der Waals surface area (Å²) in [6.45, 7) is -0.912. The van der Waals surface area contributed by atoms with Crippen LogP contribution in [0.2, 0.25) is 5.02 Å². The Morgan fingerprint density at radius 1 is 0.630 bits per heavy atom. The van der Waals surface area contributed by atoms with Crippen molar-refractivity contribution < 1.29 is 82.4 Å². The number of hydrogen-bond donors (Lipinski definition) is 18. The van der Waals surface area contributed by atoms with Crippen molar-refractivity contribution in [3.05, 3.63) is 101 Å². The molecule has 0 radical (unpaired) electrons. The Kier molecular flexibility index (Phi) is 33.8. The van der Waals surface area contributed by atoms with E-state index in [0.717, 1.165) is 34.4 Å². The van der Waals surface area contributed by atoms with Gasteiger partial charge in [0.1, 0.15) is 60.1 Å². The first-order valence-corrected chi connectivity index (χ1v) is 38.6. The van der Waals surface area contributed by atoms with E-state index in [1.165, 1.54) is 29.2 Å². The van der Waals surface area contributed by atoms with Crippen LogP contribution in [0.25, 0.3) is 10.9 Å². The summed E-state index contributed by atoms with van der Waals surface area (Å²) in [5.41, 5.74) is 24.8. The Hall–Kier alpha value is -10.2. The lowest BCUT2D eigenvalue weighted by molar-refractivity contribution is -0.139. The van der Waals surface area contributed by atoms with Crippen molar-refractivity contribution in [2.45, 2.75) is 182 Å². The molecule has 3 aliphatic rings. The van der Waals surface area contributed by atoms with Crippen LogP contribution in [0.3, 0.4) is 0 Å². The molecule has 3 aromatic carbocycles. The zero-order chi connectivity index (χ0) is 78.4. The molecule has 3 fully saturated rings. The van der Waals surface area contributed by atoms with Gasteiger partial charge in [0.05, 0.1) is 6.54 Å². The molecular formula is C71H96ClN17O17S2. The van der Waals surface area contributed by atoms with E-state index in [1.54, 1.807) is 54.7 Å². The van der Waals surface area contributed by atoms with Gasteiger partial charge >= 0.3 is 11.9 Å². The van der Waals surface area contributed by atoms with Crippen LogP contribution in [0.4, 0.5) is 0 Å². The SMILES string of the molecule is NCCC(=O)N(CC(=O)N[C@@H](Cc1ccc(O)cc1)C(=O)N[C@H]1CSSC[C@@H](C(N)=O)NC(=O)[C@H](CCC(=O)O)NC(=O)[C@H](Cc2c[nH]c3ccccc23)NC(=O)[C@H](CCC(=O)O)NC(=O)CCNC(=O)[C@H](CCCN=C(N)N)NC(=O)[C@@H](Cc2ccccc2Cl)NC(=O)[C@H](C2CCCC2)NC1=O)C1CCCC1. The van der Waals surface area contributed by atoms with Gasteiger partial charge in [0.2, 0.25) is 70.9 Å². The Labute approximate surface area is 635 Å². The third-order valence-electron chi connectivity index (χ3n) is 18.6. The minimum Gasteiger partial charge on any atom is -0.508 e. The van der Waals surface area contributed by atoms with Gasteiger partial charge in [0.25, 0.3) is 0 Å². The molecule has 108 heavy (non-hydrogen) atoms. The van der Waals surface area contributed by atoms with E-state index >= 15 is 14.4 Å². The standard InChI is InChI=1S/C71H96ClN17O17S2/c72-46-16-7-3-12-41(46)33-52-67(103)82-48(18-9-30-78-71(75)76)63(99)77-31-28-56(91)80-49(23-25-59(94)95)64(100)84-53(34-42-35-79-47-17-8-6-15-45(42)47)68(104)83-50(24-26-60(96)97)65(101)86-54(62(74)98)37-107-108-38-55(69(105)88-61(70(106)85-52)40-10-1-2-11-40)87-66(102)51(32-39-19-21-44(90)22-20-39)81-57(92)36-89(58(93)27-29-73)43-13-4-5-14-43/h3,6-8,12,15-17,19-22,35,40,43,48-55,61,79,90H,1-2,4-5,9-11,13-14,18,23-34,36-38,73H2,(H2,74,98)(H,77,99)(H,80,91)(H,81,92)(H,82,103)(H,83,104)(H,84,100)(H,85,106)(H,86,101)(H,87,102)(H,88,105)(H,94,95)(H,96,97)(H4,75,76,78)/t48-,49-,50-,51-,52+,53-,54-,55-,61-/m0/s1. The number of hydrogen-bond acceptors (Lipinski definition) is 19. The number of carbonyl (C=O) groups is 14. The van der Waals surface area contributed by atoms with Gasteiger partial charge in [-0.05, 0) is 98.2 Å². The number of phenolic OH excluding ortho intramolecular Hbond substituents is 1. The summed E-state index contributed by atoms with van der Waals surface area (Å²) in [4.78, 5) is 206. The highest BCUT2D eigenvalue weighted by atomic mass is 35.5. The monoisotopic (exact) mass is 1560 g/mol. The summed E-state index contributed by atoms with van der Waals surface area (Å²) >= 11 is 6.69. The normalized spacial score (nSPS) is 22.1. The van der Waals surface area contributed by atoms with Crippen LogP contribution in [0.1, 0.15) is 119 Å². The summed E-state index contributed by atoms with van der Waals surface area (Å²) < 4.78 is 0. The maximum absolute atomic E-state index is 15.3. The first-order chi connectivity index (χ1) is 51.7. The zero-order valence-electron chi connectivity index (χ0n) is 59.5. The number of carboxylic acid groups (broad SMARTS) is 2. The molecule has 9 atom stereocenters. The molecule has 1 saturated heterocycles. The Balaban J connectivity index is 1.28. The second-order valence-corrected chi connectivity index (χ2v) is 29.7. The van der Waals surface area contributed by atoms with Crippen LogP contribution >= 0.6 is 33.2 Å². The molecule has 34 nitrogen and oxygen atoms in total. The number of aromatic nitrogens is 1. The Morgan fingerprint density at radius 3 is 1.84 bits per heavy atom. The highest BCUT2D eigenvalue weighted by Crippen LogP contribution is 2.30. The van der Waals surface area contributed by atoms with E-state index in [2.05, 4.69) is 63.1 Å². The number of nitrogens with zero attached hydrogens (tertiary/aromatic N) is 2. The molecule has 4 aromatic rings. The molecule has 586 valence electrons. The maximum atomic E-state index is 15.3. The van der Waals surface area contributed by atoms with Crippen LogP contribution in [-0.4, -0.2) is 212 Å². The van der Waals surface area contributed by atoms with Crippen molar-refractivity contribution in [2.24, 2.45) is 33.8 Å². The smallest absolute Gasteiger partial charge is 0.303 e. The molecule has 0 unspecified atom stereocenters. The first kappa shape index (κ1) is 85.1. The van der Waals surface area contributed by atoms with Gasteiger partial charge in [-0.15, -0.1) is 0 Å². The fourth-order valence-corrected chi connectivity index (χ4v) is 15.5. The topological polar surface area (TPSA) is 555 Å². The number of para-hydroxylation sites is 1. The number of aliphatic imine (C=N–C) groups is 1. The molecular weight excluding hydrogens is 1460 g/mol. The lowest BCUT2D eigenvalue weighted by atomic mass is 9.95. The third-order valence-corrected chi connectivity index (χ3v) is 21.4. The molecule has 2 aliphatic carbocycles. The number of primary amides is 1. The minimum absolute atomic E-state index is 0.0111. The molecule has 7 rings (SSSR count). The molecule has 0 spiro atoms. The number of benzene rings is 3. The molecule has 1 aliphatic heterocycles. The number of phenols is 1. The van der Waals surface area contributed by atoms with E-state index in [-0.39, 0.29) is 80.3 Å². The molecule has 22 N–H and O–H groups in total. The van der Waals surface area contributed by atoms with Crippen LogP contribution in [0.5, 0.6) is 5.75 Å². The molecule has 0 bridgehead atoms. The zero-order valence-corrected chi connectivity index (χ0v) is 61.9. The first-order valence-electron chi connectivity index (χ1n) is 35.7. The van der Waals surface area contributed by atoms with Gasteiger partial charge < -0.3 is 101 Å². The number of nitrogens with two attached hydrogens (primary N) is 4. The van der Waals surface area contributed by atoms with E-state index in [9.17, 15) is 68.1 Å². The van der Waals surface area contributed by atoms with Crippen molar-refractivity contribution in [1.29, 1.82) is 0 Å². The van der Waals surface area contributed by atoms with Crippen molar-refractivity contribution in [3.63, 3.8) is 0 Å². The van der Waals surface area contributed by atoms with Crippen molar-refractivity contribution >= 4 is 133 Å². The van der Waals surface area contributed by atoms with E-state index < -0.39 is 194 Å². The van der Waals surface area contributed by atoms with Crippen LogP contribution in [-0.2, 0) is 86.4 Å². The lowest BCUT2D eigenvalue weighted by Gasteiger charge is -2.30. The number of aromatic hydroxyl groups is 1. The number of fused-ring (bicyclic) bond motifs is 1. The highest BCUT2D eigenvalue weighted by Gasteiger charge is 2.40. The van der Waals surface area contributed by atoms with Gasteiger partial charge in [-0.25, -0.2) is 0 Å². The second kappa shape index (κ2) is 43.0. The number of carboxylic acids is 2. The maximum Gasteiger partial charge on any atom is 0.303 e. The largest absolute Gasteiger partial charge is 0.508 e. The predicted molar refractivity (Wildman–Crippen MR) is 401 cm³/mol. The molecule has 1 aromatic heterocycles. The van der Waals surface area contributed by atoms with Crippen molar-refractivity contribution in [1.82, 2.24) is 63.1 Å². The van der Waals surface area contributed by atoms with Crippen LogP contribution < -0.4 is 76.1 Å².